The fourth-order valence-corrected chi connectivity index (χ4v) is 2.63. The highest BCUT2D eigenvalue weighted by Gasteiger charge is 2.35. The molecule has 1 aromatic carbocycles. The predicted molar refractivity (Wildman–Crippen MR) is 80.1 cm³/mol. The zero-order chi connectivity index (χ0) is 16.0. The van der Waals surface area contributed by atoms with Crippen LogP contribution in [0, 0.1) is 0 Å². The molecule has 1 saturated heterocycles. The van der Waals surface area contributed by atoms with E-state index < -0.39 is 17.7 Å². The summed E-state index contributed by atoms with van der Waals surface area (Å²) >= 11 is 0. The highest BCUT2D eigenvalue weighted by atomic mass is 19.4. The van der Waals surface area contributed by atoms with Crippen molar-refractivity contribution in [2.45, 2.75) is 38.3 Å². The van der Waals surface area contributed by atoms with Crippen molar-refractivity contribution in [2.75, 3.05) is 13.1 Å². The number of nitrogens with zero attached hydrogens (tertiary/aromatic N) is 1. The summed E-state index contributed by atoms with van der Waals surface area (Å²) in [7, 11) is 0. The van der Waals surface area contributed by atoms with Gasteiger partial charge in [0.1, 0.15) is 0 Å². The molecule has 1 fully saturated rings. The molecule has 1 aliphatic heterocycles. The second-order valence-electron chi connectivity index (χ2n) is 5.51. The fraction of sp³-hybridized carbons (Fsp3) is 0.471. The van der Waals surface area contributed by atoms with Crippen LogP contribution in [0.25, 0.3) is 5.57 Å². The average molecular weight is 311 g/mol. The average Bonchev–Trinajstić information content (AvgIpc) is 2.44. The number of amides is 1. The number of halogens is 3. The van der Waals surface area contributed by atoms with Gasteiger partial charge in [-0.1, -0.05) is 49.6 Å². The van der Waals surface area contributed by atoms with Crippen molar-refractivity contribution in [2.24, 2.45) is 0 Å². The lowest BCUT2D eigenvalue weighted by molar-refractivity contribution is -0.126. The van der Waals surface area contributed by atoms with Gasteiger partial charge in [-0.25, -0.2) is 0 Å². The summed E-state index contributed by atoms with van der Waals surface area (Å²) in [6.45, 7) is 1.07. The molecule has 120 valence electrons. The zero-order valence-electron chi connectivity index (χ0n) is 12.4. The van der Waals surface area contributed by atoms with Gasteiger partial charge in [0.15, 0.2) is 0 Å². The SMILES string of the molecule is O=C(/C=C(\c1ccccc1)C(F)(F)F)N1CCCCCCC1. The third kappa shape index (κ3) is 4.61. The minimum atomic E-state index is -4.54. The molecule has 1 heterocycles. The maximum absolute atomic E-state index is 13.2. The van der Waals surface area contributed by atoms with E-state index in [1.54, 1.807) is 6.07 Å². The van der Waals surface area contributed by atoms with Gasteiger partial charge in [-0.05, 0) is 18.4 Å². The van der Waals surface area contributed by atoms with Crippen molar-refractivity contribution in [3.63, 3.8) is 0 Å². The van der Waals surface area contributed by atoms with Crippen molar-refractivity contribution in [1.29, 1.82) is 0 Å². The van der Waals surface area contributed by atoms with Crippen LogP contribution in [0.4, 0.5) is 13.2 Å². The van der Waals surface area contributed by atoms with Crippen LogP contribution in [0.2, 0.25) is 0 Å². The summed E-state index contributed by atoms with van der Waals surface area (Å²) < 4.78 is 39.7. The van der Waals surface area contributed by atoms with E-state index in [9.17, 15) is 18.0 Å². The van der Waals surface area contributed by atoms with E-state index in [1.807, 2.05) is 0 Å². The van der Waals surface area contributed by atoms with E-state index in [1.165, 1.54) is 29.2 Å². The Hall–Kier alpha value is -1.78. The number of hydrogen-bond acceptors (Lipinski definition) is 1. The van der Waals surface area contributed by atoms with Crippen LogP contribution < -0.4 is 0 Å². The van der Waals surface area contributed by atoms with Crippen molar-refractivity contribution in [3.05, 3.63) is 42.0 Å². The van der Waals surface area contributed by atoms with Crippen molar-refractivity contribution in [1.82, 2.24) is 4.90 Å². The predicted octanol–water partition coefficient (Wildman–Crippen LogP) is 4.43. The van der Waals surface area contributed by atoms with E-state index in [4.69, 9.17) is 0 Å². The molecular formula is C17H20F3NO. The molecule has 22 heavy (non-hydrogen) atoms. The molecular weight excluding hydrogens is 291 g/mol. The number of rotatable bonds is 2. The largest absolute Gasteiger partial charge is 0.417 e. The number of alkyl halides is 3. The first-order valence-electron chi connectivity index (χ1n) is 7.62. The van der Waals surface area contributed by atoms with Gasteiger partial charge in [-0.2, -0.15) is 13.2 Å². The molecule has 0 radical (unpaired) electrons. The molecule has 5 heteroatoms. The number of carbonyl (C=O) groups is 1. The van der Waals surface area contributed by atoms with Crippen LogP contribution in [0.5, 0.6) is 0 Å². The Morgan fingerprint density at radius 1 is 0.955 bits per heavy atom. The Morgan fingerprint density at radius 2 is 1.50 bits per heavy atom. The van der Waals surface area contributed by atoms with Gasteiger partial charge in [-0.3, -0.25) is 4.79 Å². The molecule has 2 nitrogen and oxygen atoms in total. The maximum Gasteiger partial charge on any atom is 0.417 e. The van der Waals surface area contributed by atoms with Gasteiger partial charge < -0.3 is 4.90 Å². The Morgan fingerprint density at radius 3 is 2.05 bits per heavy atom. The van der Waals surface area contributed by atoms with E-state index >= 15 is 0 Å². The summed E-state index contributed by atoms with van der Waals surface area (Å²) in [6.07, 6.45) is 1.10. The first-order valence-corrected chi connectivity index (χ1v) is 7.62. The number of likely N-dealkylation sites (tertiary alicyclic amines) is 1. The summed E-state index contributed by atoms with van der Waals surface area (Å²) in [5.41, 5.74) is -0.851. The summed E-state index contributed by atoms with van der Waals surface area (Å²) in [6, 6.07) is 7.47. The van der Waals surface area contributed by atoms with E-state index in [-0.39, 0.29) is 5.56 Å². The molecule has 0 saturated carbocycles. The monoisotopic (exact) mass is 311 g/mol. The molecule has 0 N–H and O–H groups in total. The second kappa shape index (κ2) is 7.47. The molecule has 0 unspecified atom stereocenters. The first kappa shape index (κ1) is 16.6. The van der Waals surface area contributed by atoms with E-state index in [0.717, 1.165) is 38.2 Å². The van der Waals surface area contributed by atoms with Crippen molar-refractivity contribution >= 4 is 11.5 Å². The van der Waals surface area contributed by atoms with Crippen LogP contribution in [-0.4, -0.2) is 30.1 Å². The van der Waals surface area contributed by atoms with E-state index in [0.29, 0.717) is 13.1 Å². The molecule has 2 rings (SSSR count). The Bertz CT molecular complexity index is 514. The van der Waals surface area contributed by atoms with Crippen molar-refractivity contribution in [3.8, 4) is 0 Å². The van der Waals surface area contributed by atoms with Crippen molar-refractivity contribution < 1.29 is 18.0 Å². The minimum absolute atomic E-state index is 0.0235. The van der Waals surface area contributed by atoms with Crippen LogP contribution in [0.1, 0.15) is 37.7 Å². The third-order valence-electron chi connectivity index (χ3n) is 3.83. The third-order valence-corrected chi connectivity index (χ3v) is 3.83. The lowest BCUT2D eigenvalue weighted by atomic mass is 10.0. The summed E-state index contributed by atoms with van der Waals surface area (Å²) in [4.78, 5) is 13.8. The topological polar surface area (TPSA) is 20.3 Å². The zero-order valence-corrected chi connectivity index (χ0v) is 12.4. The Labute approximate surface area is 128 Å². The highest BCUT2D eigenvalue weighted by molar-refractivity contribution is 5.96. The van der Waals surface area contributed by atoms with Gasteiger partial charge >= 0.3 is 6.18 Å². The molecule has 0 spiro atoms. The lowest BCUT2D eigenvalue weighted by Crippen LogP contribution is -2.33. The van der Waals surface area contributed by atoms with Crippen LogP contribution in [0.15, 0.2) is 36.4 Å². The van der Waals surface area contributed by atoms with Gasteiger partial charge in [-0.15, -0.1) is 0 Å². The quantitative estimate of drug-likeness (QED) is 0.740. The smallest absolute Gasteiger partial charge is 0.339 e. The molecule has 1 aliphatic rings. The molecule has 1 amide bonds. The first-order chi connectivity index (χ1) is 10.5. The molecule has 0 aliphatic carbocycles. The van der Waals surface area contributed by atoms with Gasteiger partial charge in [0.05, 0.1) is 5.57 Å². The standard InChI is InChI=1S/C17H20F3NO/c18-17(19,20)15(14-9-5-4-6-10-14)13-16(22)21-11-7-2-1-3-8-12-21/h4-6,9-10,13H,1-3,7-8,11-12H2/b15-13+. The van der Waals surface area contributed by atoms with Gasteiger partial charge in [0.2, 0.25) is 5.91 Å². The summed E-state index contributed by atoms with van der Waals surface area (Å²) in [5, 5.41) is 0. The summed E-state index contributed by atoms with van der Waals surface area (Å²) in [5.74, 6) is -0.543. The van der Waals surface area contributed by atoms with Crippen LogP contribution in [-0.2, 0) is 4.79 Å². The molecule has 0 atom stereocenters. The number of carbonyl (C=O) groups excluding carboxylic acids is 1. The normalized spacial score (nSPS) is 17.8. The number of allylic oxidation sites excluding steroid dienone is 1. The Kier molecular flexibility index (Phi) is 5.63. The number of benzene rings is 1. The maximum atomic E-state index is 13.2. The Balaban J connectivity index is 2.22. The lowest BCUT2D eigenvalue weighted by Gasteiger charge is -2.24. The van der Waals surface area contributed by atoms with Gasteiger partial charge in [0.25, 0.3) is 0 Å². The highest BCUT2D eigenvalue weighted by Crippen LogP contribution is 2.33. The molecule has 0 aromatic heterocycles. The fourth-order valence-electron chi connectivity index (χ4n) is 2.63. The second-order valence-corrected chi connectivity index (χ2v) is 5.51. The van der Waals surface area contributed by atoms with Crippen LogP contribution >= 0.6 is 0 Å². The van der Waals surface area contributed by atoms with Crippen LogP contribution in [0.3, 0.4) is 0 Å². The molecule has 0 bridgehead atoms. The minimum Gasteiger partial charge on any atom is -0.339 e. The number of hydrogen-bond donors (Lipinski definition) is 0. The molecule has 1 aromatic rings. The van der Waals surface area contributed by atoms with Gasteiger partial charge in [0, 0.05) is 19.2 Å². The van der Waals surface area contributed by atoms with E-state index in [2.05, 4.69) is 0 Å².